The number of nitrogens with zero attached hydrogens (tertiary/aromatic N) is 4. The van der Waals surface area contributed by atoms with Crippen LogP contribution in [-0.2, 0) is 5.75 Å². The molecule has 19 heavy (non-hydrogen) atoms. The van der Waals surface area contributed by atoms with Crippen molar-refractivity contribution in [1.82, 2.24) is 19.4 Å². The zero-order valence-corrected chi connectivity index (χ0v) is 11.7. The minimum atomic E-state index is 0.782. The number of aryl methyl sites for hydroxylation is 2. The normalized spacial score (nSPS) is 11.1. The van der Waals surface area contributed by atoms with Crippen LogP contribution in [0.3, 0.4) is 0 Å². The molecule has 0 spiro atoms. The molecular formula is C14H14N4S. The van der Waals surface area contributed by atoms with Gasteiger partial charge in [0.2, 0.25) is 0 Å². The van der Waals surface area contributed by atoms with Crippen molar-refractivity contribution < 1.29 is 0 Å². The third-order valence-corrected chi connectivity index (χ3v) is 3.61. The minimum Gasteiger partial charge on any atom is -0.307 e. The number of pyridine rings is 1. The van der Waals surface area contributed by atoms with Gasteiger partial charge in [-0.2, -0.15) is 0 Å². The van der Waals surface area contributed by atoms with Crippen molar-refractivity contribution in [2.75, 3.05) is 0 Å². The summed E-state index contributed by atoms with van der Waals surface area (Å²) in [5.41, 5.74) is 4.02. The molecule has 3 rings (SSSR count). The molecule has 0 fully saturated rings. The van der Waals surface area contributed by atoms with Gasteiger partial charge in [0.25, 0.3) is 0 Å². The number of thioether (sulfide) groups is 1. The van der Waals surface area contributed by atoms with Gasteiger partial charge in [-0.15, -0.1) is 0 Å². The maximum absolute atomic E-state index is 4.56. The molecule has 0 bridgehead atoms. The van der Waals surface area contributed by atoms with Crippen LogP contribution in [0.25, 0.3) is 5.65 Å². The van der Waals surface area contributed by atoms with Gasteiger partial charge in [0.05, 0.1) is 5.69 Å². The Kier molecular flexibility index (Phi) is 3.21. The van der Waals surface area contributed by atoms with Crippen LogP contribution in [0.1, 0.15) is 17.1 Å². The predicted molar refractivity (Wildman–Crippen MR) is 76.3 cm³/mol. The quantitative estimate of drug-likeness (QED) is 0.542. The molecule has 96 valence electrons. The Morgan fingerprint density at radius 1 is 1.11 bits per heavy atom. The molecule has 3 aromatic rings. The molecule has 0 radical (unpaired) electrons. The second-order valence-electron chi connectivity index (χ2n) is 4.42. The number of fused-ring (bicyclic) bond motifs is 1. The third-order valence-electron chi connectivity index (χ3n) is 2.72. The zero-order chi connectivity index (χ0) is 13.2. The molecule has 0 unspecified atom stereocenters. The Bertz CT molecular complexity index is 667. The maximum atomic E-state index is 4.56. The summed E-state index contributed by atoms with van der Waals surface area (Å²) < 4.78 is 2.03. The molecule has 0 saturated carbocycles. The van der Waals surface area contributed by atoms with Crippen LogP contribution >= 0.6 is 11.8 Å². The van der Waals surface area contributed by atoms with Crippen LogP contribution < -0.4 is 0 Å². The van der Waals surface area contributed by atoms with Crippen LogP contribution in [0.15, 0.2) is 41.8 Å². The standard InChI is InChI=1S/C14H14N4S/c1-10-7-11(2)16-14(15-10)19-9-12-8-18-6-4-3-5-13(18)17-12/h3-8H,9H2,1-2H3. The van der Waals surface area contributed by atoms with Gasteiger partial charge in [-0.3, -0.25) is 0 Å². The molecule has 0 atom stereocenters. The van der Waals surface area contributed by atoms with E-state index in [0.717, 1.165) is 33.6 Å². The highest BCUT2D eigenvalue weighted by Gasteiger charge is 2.04. The molecular weight excluding hydrogens is 256 g/mol. The lowest BCUT2D eigenvalue weighted by Gasteiger charge is -2.01. The molecule has 0 aliphatic rings. The summed E-state index contributed by atoms with van der Waals surface area (Å²) in [6.45, 7) is 3.98. The van der Waals surface area contributed by atoms with E-state index >= 15 is 0 Å². The van der Waals surface area contributed by atoms with E-state index in [2.05, 4.69) is 15.0 Å². The van der Waals surface area contributed by atoms with E-state index in [1.165, 1.54) is 0 Å². The van der Waals surface area contributed by atoms with Gasteiger partial charge >= 0.3 is 0 Å². The number of hydrogen-bond donors (Lipinski definition) is 0. The smallest absolute Gasteiger partial charge is 0.188 e. The molecule has 0 aliphatic carbocycles. The van der Waals surface area contributed by atoms with Crippen molar-refractivity contribution in [2.45, 2.75) is 24.8 Å². The Hall–Kier alpha value is -1.88. The fourth-order valence-electron chi connectivity index (χ4n) is 1.95. The molecule has 0 amide bonds. The zero-order valence-electron chi connectivity index (χ0n) is 10.9. The number of hydrogen-bond acceptors (Lipinski definition) is 4. The van der Waals surface area contributed by atoms with E-state index in [1.807, 2.05) is 54.9 Å². The molecule has 3 aromatic heterocycles. The second-order valence-corrected chi connectivity index (χ2v) is 5.36. The van der Waals surface area contributed by atoms with Gasteiger partial charge in [0.1, 0.15) is 5.65 Å². The van der Waals surface area contributed by atoms with Crippen LogP contribution in [0.2, 0.25) is 0 Å². The lowest BCUT2D eigenvalue weighted by molar-refractivity contribution is 0.901. The first-order chi connectivity index (χ1) is 9.20. The van der Waals surface area contributed by atoms with Crippen molar-refractivity contribution in [3.63, 3.8) is 0 Å². The van der Waals surface area contributed by atoms with Gasteiger partial charge < -0.3 is 4.40 Å². The fourth-order valence-corrected chi connectivity index (χ4v) is 2.79. The van der Waals surface area contributed by atoms with Crippen LogP contribution in [0.4, 0.5) is 0 Å². The molecule has 5 heteroatoms. The second kappa shape index (κ2) is 5.01. The molecule has 0 N–H and O–H groups in total. The van der Waals surface area contributed by atoms with Gasteiger partial charge in [-0.05, 0) is 32.0 Å². The molecule has 3 heterocycles. The Morgan fingerprint density at radius 2 is 1.89 bits per heavy atom. The van der Waals surface area contributed by atoms with Gasteiger partial charge in [-0.1, -0.05) is 17.8 Å². The molecule has 0 aliphatic heterocycles. The van der Waals surface area contributed by atoms with Crippen molar-refractivity contribution in [3.05, 3.63) is 53.7 Å². The average molecular weight is 270 g/mol. The largest absolute Gasteiger partial charge is 0.307 e. The van der Waals surface area contributed by atoms with E-state index in [0.29, 0.717) is 0 Å². The van der Waals surface area contributed by atoms with E-state index in [-0.39, 0.29) is 0 Å². The van der Waals surface area contributed by atoms with Gasteiger partial charge in [-0.25, -0.2) is 15.0 Å². The van der Waals surface area contributed by atoms with E-state index in [4.69, 9.17) is 0 Å². The van der Waals surface area contributed by atoms with Gasteiger partial charge in [0, 0.05) is 29.5 Å². The minimum absolute atomic E-state index is 0.782. The highest BCUT2D eigenvalue weighted by Crippen LogP contribution is 2.19. The van der Waals surface area contributed by atoms with E-state index in [9.17, 15) is 0 Å². The number of rotatable bonds is 3. The van der Waals surface area contributed by atoms with Crippen LogP contribution in [-0.4, -0.2) is 19.4 Å². The third kappa shape index (κ3) is 2.76. The predicted octanol–water partition coefficient (Wildman–Crippen LogP) is 3.03. The maximum Gasteiger partial charge on any atom is 0.188 e. The summed E-state index contributed by atoms with van der Waals surface area (Å²) in [4.78, 5) is 13.4. The summed E-state index contributed by atoms with van der Waals surface area (Å²) in [7, 11) is 0. The monoisotopic (exact) mass is 270 g/mol. The van der Waals surface area contributed by atoms with E-state index < -0.39 is 0 Å². The summed E-state index contributed by atoms with van der Waals surface area (Å²) in [5.74, 6) is 0.782. The van der Waals surface area contributed by atoms with Crippen molar-refractivity contribution >= 4 is 17.4 Å². The van der Waals surface area contributed by atoms with Crippen molar-refractivity contribution in [2.24, 2.45) is 0 Å². The molecule has 4 nitrogen and oxygen atoms in total. The molecule has 0 saturated heterocycles. The summed E-state index contributed by atoms with van der Waals surface area (Å²) >= 11 is 1.62. The van der Waals surface area contributed by atoms with Crippen molar-refractivity contribution in [3.8, 4) is 0 Å². The van der Waals surface area contributed by atoms with Crippen LogP contribution in [0, 0.1) is 13.8 Å². The first-order valence-electron chi connectivity index (χ1n) is 6.08. The Balaban J connectivity index is 1.78. The summed E-state index contributed by atoms with van der Waals surface area (Å²) in [6, 6.07) is 7.97. The number of imidazole rings is 1. The van der Waals surface area contributed by atoms with E-state index in [1.54, 1.807) is 11.8 Å². The lowest BCUT2D eigenvalue weighted by atomic mass is 10.4. The van der Waals surface area contributed by atoms with Crippen molar-refractivity contribution in [1.29, 1.82) is 0 Å². The Labute approximate surface area is 115 Å². The first-order valence-corrected chi connectivity index (χ1v) is 7.07. The highest BCUT2D eigenvalue weighted by molar-refractivity contribution is 7.98. The summed E-state index contributed by atoms with van der Waals surface area (Å²) in [5, 5.41) is 0.814. The number of aromatic nitrogens is 4. The highest BCUT2D eigenvalue weighted by atomic mass is 32.2. The Morgan fingerprint density at radius 3 is 2.63 bits per heavy atom. The molecule has 0 aromatic carbocycles. The topological polar surface area (TPSA) is 43.1 Å². The average Bonchev–Trinajstić information content (AvgIpc) is 2.78. The van der Waals surface area contributed by atoms with Crippen LogP contribution in [0.5, 0.6) is 0 Å². The fraction of sp³-hybridized carbons (Fsp3) is 0.214. The summed E-state index contributed by atoms with van der Waals surface area (Å²) in [6.07, 6.45) is 4.05. The van der Waals surface area contributed by atoms with Gasteiger partial charge in [0.15, 0.2) is 5.16 Å². The lowest BCUT2D eigenvalue weighted by Crippen LogP contribution is -1.93. The first kappa shape index (κ1) is 12.2. The SMILES string of the molecule is Cc1cc(C)nc(SCc2cn3ccccc3n2)n1.